The highest BCUT2D eigenvalue weighted by molar-refractivity contribution is 5.44. The molecule has 0 N–H and O–H groups in total. The van der Waals surface area contributed by atoms with Gasteiger partial charge in [-0.1, -0.05) is 60.7 Å². The summed E-state index contributed by atoms with van der Waals surface area (Å²) in [5.41, 5.74) is 1.30. The number of benzene rings is 2. The van der Waals surface area contributed by atoms with Gasteiger partial charge in [0, 0.05) is 0 Å². The van der Waals surface area contributed by atoms with Crippen LogP contribution < -0.4 is 0 Å². The van der Waals surface area contributed by atoms with Gasteiger partial charge in [0.2, 0.25) is 6.08 Å². The molecular weight excluding hydrogens is 210 g/mol. The summed E-state index contributed by atoms with van der Waals surface area (Å²) in [5, 5.41) is 0. The molecule has 0 bridgehead atoms. The Morgan fingerprint density at radius 3 is 1.65 bits per heavy atom. The highest BCUT2D eigenvalue weighted by atomic mass is 16.1. The van der Waals surface area contributed by atoms with Crippen LogP contribution in [0.4, 0.5) is 0 Å². The Kier molecular flexibility index (Phi) is 3.17. The summed E-state index contributed by atoms with van der Waals surface area (Å²) in [6.07, 6.45) is 1.68. The van der Waals surface area contributed by atoms with E-state index in [0.717, 1.165) is 11.1 Å². The summed E-state index contributed by atoms with van der Waals surface area (Å²) in [6, 6.07) is 19.5. The molecular formula is C15H13NO. The minimum absolute atomic E-state index is 0.662. The van der Waals surface area contributed by atoms with E-state index in [0.29, 0.717) is 0 Å². The van der Waals surface area contributed by atoms with Crippen molar-refractivity contribution in [2.75, 3.05) is 0 Å². The topological polar surface area (TPSA) is 29.4 Å². The molecule has 2 rings (SSSR count). The van der Waals surface area contributed by atoms with Gasteiger partial charge in [0.05, 0.1) is 0 Å². The lowest BCUT2D eigenvalue weighted by Crippen LogP contribution is -2.20. The van der Waals surface area contributed by atoms with E-state index < -0.39 is 5.54 Å². The quantitative estimate of drug-likeness (QED) is 0.580. The number of nitrogens with zero attached hydrogens (tertiary/aromatic N) is 1. The summed E-state index contributed by atoms with van der Waals surface area (Å²) < 4.78 is 0. The van der Waals surface area contributed by atoms with E-state index in [1.165, 1.54) is 0 Å². The van der Waals surface area contributed by atoms with Gasteiger partial charge in [0.1, 0.15) is 5.54 Å². The van der Waals surface area contributed by atoms with Crippen LogP contribution in [0.5, 0.6) is 0 Å². The van der Waals surface area contributed by atoms with Gasteiger partial charge >= 0.3 is 0 Å². The second kappa shape index (κ2) is 4.77. The van der Waals surface area contributed by atoms with E-state index in [9.17, 15) is 4.79 Å². The highest BCUT2D eigenvalue weighted by Gasteiger charge is 2.27. The lowest BCUT2D eigenvalue weighted by Gasteiger charge is -2.24. The van der Waals surface area contributed by atoms with Crippen molar-refractivity contribution in [2.45, 2.75) is 12.5 Å². The third-order valence-corrected chi connectivity index (χ3v) is 2.94. The van der Waals surface area contributed by atoms with Gasteiger partial charge in [-0.15, -0.1) is 0 Å². The Morgan fingerprint density at radius 1 is 0.882 bits per heavy atom. The lowest BCUT2D eigenvalue weighted by atomic mass is 9.85. The van der Waals surface area contributed by atoms with Crippen molar-refractivity contribution in [3.63, 3.8) is 0 Å². The molecule has 2 nitrogen and oxygen atoms in total. The molecule has 2 aromatic carbocycles. The zero-order valence-corrected chi connectivity index (χ0v) is 9.63. The smallest absolute Gasteiger partial charge is 0.211 e. The second-order valence-corrected chi connectivity index (χ2v) is 4.01. The molecule has 0 aliphatic heterocycles. The van der Waals surface area contributed by atoms with E-state index >= 15 is 0 Å². The number of carbonyl (C=O) groups excluding carboxylic acids is 1. The van der Waals surface area contributed by atoms with Gasteiger partial charge < -0.3 is 0 Å². The van der Waals surface area contributed by atoms with Crippen LogP contribution in [0.1, 0.15) is 18.1 Å². The average Bonchev–Trinajstić information content (AvgIpc) is 2.41. The maximum atomic E-state index is 10.7. The predicted octanol–water partition coefficient (Wildman–Crippen LogP) is 3.29. The highest BCUT2D eigenvalue weighted by Crippen LogP contribution is 2.32. The van der Waals surface area contributed by atoms with Gasteiger partial charge in [0.25, 0.3) is 0 Å². The first kappa shape index (κ1) is 11.3. The van der Waals surface area contributed by atoms with Crippen LogP contribution in [0.25, 0.3) is 0 Å². The molecule has 17 heavy (non-hydrogen) atoms. The first-order valence-electron chi connectivity index (χ1n) is 5.47. The fourth-order valence-electron chi connectivity index (χ4n) is 1.91. The molecule has 0 radical (unpaired) electrons. The van der Waals surface area contributed by atoms with Crippen molar-refractivity contribution < 1.29 is 4.79 Å². The molecule has 0 aliphatic carbocycles. The molecule has 0 aromatic heterocycles. The Balaban J connectivity index is 2.59. The third-order valence-electron chi connectivity index (χ3n) is 2.94. The monoisotopic (exact) mass is 223 g/mol. The van der Waals surface area contributed by atoms with Gasteiger partial charge in [0.15, 0.2) is 0 Å². The summed E-state index contributed by atoms with van der Waals surface area (Å²) in [4.78, 5) is 14.7. The van der Waals surface area contributed by atoms with E-state index in [4.69, 9.17) is 0 Å². The average molecular weight is 223 g/mol. The normalized spacial score (nSPS) is 10.6. The van der Waals surface area contributed by atoms with Crippen LogP contribution in [0.2, 0.25) is 0 Å². The van der Waals surface area contributed by atoms with Crippen LogP contribution in [-0.4, -0.2) is 6.08 Å². The Morgan fingerprint density at radius 2 is 1.29 bits per heavy atom. The van der Waals surface area contributed by atoms with Gasteiger partial charge in [-0.25, -0.2) is 4.79 Å². The maximum Gasteiger partial charge on any atom is 0.236 e. The summed E-state index contributed by atoms with van der Waals surface area (Å²) in [5.74, 6) is 0. The minimum Gasteiger partial charge on any atom is -0.211 e. The van der Waals surface area contributed by atoms with Crippen LogP contribution in [0, 0.1) is 0 Å². The largest absolute Gasteiger partial charge is 0.236 e. The van der Waals surface area contributed by atoms with Crippen molar-refractivity contribution in [3.8, 4) is 0 Å². The Bertz CT molecular complexity index is 488. The van der Waals surface area contributed by atoms with Gasteiger partial charge in [-0.3, -0.25) is 0 Å². The third kappa shape index (κ3) is 2.17. The SMILES string of the molecule is CC(N=C=O)(c1ccccc1)c1ccccc1. The fraction of sp³-hybridized carbons (Fsp3) is 0.133. The van der Waals surface area contributed by atoms with Gasteiger partial charge in [-0.05, 0) is 18.1 Å². The number of aliphatic imine (C=N–C) groups is 1. The van der Waals surface area contributed by atoms with Crippen molar-refractivity contribution in [2.24, 2.45) is 4.99 Å². The molecule has 0 atom stereocenters. The van der Waals surface area contributed by atoms with Crippen LogP contribution in [-0.2, 0) is 10.3 Å². The molecule has 2 heteroatoms. The number of hydrogen-bond donors (Lipinski definition) is 0. The van der Waals surface area contributed by atoms with Crippen LogP contribution >= 0.6 is 0 Å². The van der Waals surface area contributed by atoms with E-state index in [1.807, 2.05) is 67.6 Å². The molecule has 0 amide bonds. The lowest BCUT2D eigenvalue weighted by molar-refractivity contribution is 0.541. The van der Waals surface area contributed by atoms with Crippen LogP contribution in [0.3, 0.4) is 0 Å². The van der Waals surface area contributed by atoms with Crippen molar-refractivity contribution in [1.82, 2.24) is 0 Å². The van der Waals surface area contributed by atoms with E-state index in [1.54, 1.807) is 6.08 Å². The fourth-order valence-corrected chi connectivity index (χ4v) is 1.91. The Labute approximate surface area is 101 Å². The zero-order valence-electron chi connectivity index (χ0n) is 9.63. The van der Waals surface area contributed by atoms with E-state index in [-0.39, 0.29) is 0 Å². The zero-order chi connectivity index (χ0) is 12.1. The molecule has 0 heterocycles. The summed E-state index contributed by atoms with van der Waals surface area (Å²) >= 11 is 0. The first-order valence-corrected chi connectivity index (χ1v) is 5.47. The van der Waals surface area contributed by atoms with Crippen molar-refractivity contribution in [1.29, 1.82) is 0 Å². The van der Waals surface area contributed by atoms with Gasteiger partial charge in [-0.2, -0.15) is 4.99 Å². The summed E-state index contributed by atoms with van der Waals surface area (Å²) in [7, 11) is 0. The predicted molar refractivity (Wildman–Crippen MR) is 67.5 cm³/mol. The van der Waals surface area contributed by atoms with Crippen molar-refractivity contribution in [3.05, 3.63) is 71.8 Å². The second-order valence-electron chi connectivity index (χ2n) is 4.01. The standard InChI is InChI=1S/C15H13NO/c1-15(16-12-17,13-8-4-2-5-9-13)14-10-6-3-7-11-14/h2-11H,1H3. The molecule has 0 saturated carbocycles. The Hall–Kier alpha value is -2.18. The molecule has 0 saturated heterocycles. The number of rotatable bonds is 3. The molecule has 0 aliphatic rings. The number of hydrogen-bond acceptors (Lipinski definition) is 2. The van der Waals surface area contributed by atoms with Crippen molar-refractivity contribution >= 4 is 6.08 Å². The van der Waals surface area contributed by atoms with E-state index in [2.05, 4.69) is 4.99 Å². The molecule has 0 spiro atoms. The number of isocyanates is 1. The molecule has 2 aromatic rings. The minimum atomic E-state index is -0.662. The summed E-state index contributed by atoms with van der Waals surface area (Å²) in [6.45, 7) is 1.92. The molecule has 84 valence electrons. The molecule has 0 fully saturated rings. The first-order chi connectivity index (χ1) is 8.27. The maximum absolute atomic E-state index is 10.7. The van der Waals surface area contributed by atoms with Crippen LogP contribution in [0.15, 0.2) is 65.7 Å². The molecule has 0 unspecified atom stereocenters.